The van der Waals surface area contributed by atoms with Crippen molar-refractivity contribution in [3.05, 3.63) is 141 Å². The molecule has 254 valence electrons. The van der Waals surface area contributed by atoms with Crippen LogP contribution < -0.4 is 20.5 Å². The minimum atomic E-state index is -1.19. The molecule has 0 bridgehead atoms. The summed E-state index contributed by atoms with van der Waals surface area (Å²) < 4.78 is 31.8. The molecule has 3 aromatic carbocycles. The number of benzene rings is 3. The van der Waals surface area contributed by atoms with Gasteiger partial charge in [0.25, 0.3) is 0 Å². The fourth-order valence-electron chi connectivity index (χ4n) is 5.97. The second kappa shape index (κ2) is 15.1. The zero-order chi connectivity index (χ0) is 34.4. The lowest BCUT2D eigenvalue weighted by atomic mass is 9.80. The molecular formula is C37H37N3O8S. The third-order valence-electron chi connectivity index (χ3n) is 8.36. The highest BCUT2D eigenvalue weighted by Gasteiger charge is 2.48. The molecule has 49 heavy (non-hydrogen) atoms. The SMILES string of the molecule is COc1ccc(C(OC[C@H]2O[C@@H](n3ccc(NC(C)=O)nc3=O)[C@H](OCc3cccs3)[C@@H]2O)(c2ccccc2)c2ccc(OC)cc2)cc1. The predicted octanol–water partition coefficient (Wildman–Crippen LogP) is 5.13. The summed E-state index contributed by atoms with van der Waals surface area (Å²) in [6.45, 7) is 1.44. The van der Waals surface area contributed by atoms with Gasteiger partial charge < -0.3 is 34.1 Å². The van der Waals surface area contributed by atoms with Crippen LogP contribution in [0.2, 0.25) is 0 Å². The number of anilines is 1. The first-order valence-corrected chi connectivity index (χ1v) is 16.5. The molecule has 2 aromatic heterocycles. The standard InChI is InChI=1S/C37H37N3O8S/c1-24(41)38-32-19-20-40(36(43)39-32)35-34(46-22-30-10-7-21-49-30)33(42)31(48-35)23-47-37(25-8-5-4-6-9-25,26-11-15-28(44-2)16-12-26)27-13-17-29(45-3)18-14-27/h4-21,31,33-35,42H,22-23H2,1-3H3,(H,38,39,41,43)/t31-,33-,34-,35-/m1/s1. The molecule has 4 atom stereocenters. The second-order valence-corrected chi connectivity index (χ2v) is 12.4. The summed E-state index contributed by atoms with van der Waals surface area (Å²) in [5.74, 6) is 1.12. The fraction of sp³-hybridized carbons (Fsp3) is 0.270. The van der Waals surface area contributed by atoms with Crippen molar-refractivity contribution in [2.75, 3.05) is 26.1 Å². The van der Waals surface area contributed by atoms with E-state index >= 15 is 0 Å². The van der Waals surface area contributed by atoms with E-state index in [0.29, 0.717) is 11.5 Å². The first kappa shape index (κ1) is 34.0. The van der Waals surface area contributed by atoms with E-state index in [1.54, 1.807) is 14.2 Å². The Morgan fingerprint density at radius 1 is 0.918 bits per heavy atom. The van der Waals surface area contributed by atoms with Crippen LogP contribution in [0.3, 0.4) is 0 Å². The van der Waals surface area contributed by atoms with Crippen molar-refractivity contribution < 1.29 is 33.6 Å². The molecule has 5 aromatic rings. The molecule has 11 nitrogen and oxygen atoms in total. The van der Waals surface area contributed by atoms with E-state index in [2.05, 4.69) is 10.3 Å². The van der Waals surface area contributed by atoms with E-state index in [0.717, 1.165) is 21.6 Å². The highest BCUT2D eigenvalue weighted by Crippen LogP contribution is 2.43. The number of thiophene rings is 1. The number of hydrogen-bond donors (Lipinski definition) is 2. The summed E-state index contributed by atoms with van der Waals surface area (Å²) >= 11 is 1.52. The van der Waals surface area contributed by atoms with Crippen molar-refractivity contribution in [1.82, 2.24) is 9.55 Å². The average Bonchev–Trinajstić information content (AvgIpc) is 3.76. The molecule has 2 N–H and O–H groups in total. The molecule has 6 rings (SSSR count). The van der Waals surface area contributed by atoms with E-state index in [9.17, 15) is 14.7 Å². The van der Waals surface area contributed by atoms with E-state index < -0.39 is 35.8 Å². The summed E-state index contributed by atoms with van der Waals surface area (Å²) in [4.78, 5) is 29.7. The first-order valence-electron chi connectivity index (χ1n) is 15.6. The van der Waals surface area contributed by atoms with Gasteiger partial charge >= 0.3 is 5.69 Å². The van der Waals surface area contributed by atoms with Gasteiger partial charge in [0.2, 0.25) is 5.91 Å². The molecule has 0 radical (unpaired) electrons. The van der Waals surface area contributed by atoms with Crippen LogP contribution in [0.15, 0.2) is 113 Å². The zero-order valence-electron chi connectivity index (χ0n) is 27.2. The number of ether oxygens (including phenoxy) is 5. The number of methoxy groups -OCH3 is 2. The maximum atomic E-state index is 13.2. The van der Waals surface area contributed by atoms with Gasteiger partial charge in [-0.25, -0.2) is 4.79 Å². The Morgan fingerprint density at radius 2 is 1.55 bits per heavy atom. The lowest BCUT2D eigenvalue weighted by molar-refractivity contribution is -0.114. The molecule has 0 saturated carbocycles. The van der Waals surface area contributed by atoms with Crippen LogP contribution in [0.5, 0.6) is 11.5 Å². The average molecular weight is 684 g/mol. The number of amides is 1. The molecule has 0 aliphatic carbocycles. The van der Waals surface area contributed by atoms with Gasteiger partial charge in [-0.15, -0.1) is 11.3 Å². The number of carbonyl (C=O) groups is 1. The summed E-state index contributed by atoms with van der Waals surface area (Å²) in [5, 5.41) is 16.2. The molecule has 0 spiro atoms. The molecule has 1 amide bonds. The Bertz CT molecular complexity index is 1830. The van der Waals surface area contributed by atoms with Crippen LogP contribution in [0.4, 0.5) is 5.82 Å². The Hall–Kier alpha value is -4.85. The van der Waals surface area contributed by atoms with Crippen molar-refractivity contribution in [2.24, 2.45) is 0 Å². The van der Waals surface area contributed by atoms with Gasteiger partial charge in [-0.3, -0.25) is 9.36 Å². The highest BCUT2D eigenvalue weighted by atomic mass is 32.1. The molecule has 1 aliphatic heterocycles. The van der Waals surface area contributed by atoms with Crippen LogP contribution in [0.25, 0.3) is 0 Å². The summed E-state index contributed by atoms with van der Waals surface area (Å²) in [7, 11) is 3.22. The third-order valence-corrected chi connectivity index (χ3v) is 9.21. The lowest BCUT2D eigenvalue weighted by Gasteiger charge is -2.37. The first-order chi connectivity index (χ1) is 23.8. The Kier molecular flexibility index (Phi) is 10.5. The largest absolute Gasteiger partial charge is 0.497 e. The summed E-state index contributed by atoms with van der Waals surface area (Å²) in [6, 6.07) is 30.4. The van der Waals surface area contributed by atoms with Gasteiger partial charge in [0.05, 0.1) is 27.4 Å². The van der Waals surface area contributed by atoms with Crippen LogP contribution in [0, 0.1) is 0 Å². The quantitative estimate of drug-likeness (QED) is 0.162. The van der Waals surface area contributed by atoms with Crippen molar-refractivity contribution in [3.63, 3.8) is 0 Å². The van der Waals surface area contributed by atoms with Gasteiger partial charge in [-0.2, -0.15) is 4.98 Å². The van der Waals surface area contributed by atoms with Crippen molar-refractivity contribution in [3.8, 4) is 11.5 Å². The summed E-state index contributed by atoms with van der Waals surface area (Å²) in [5.41, 5.74) is 0.632. The maximum absolute atomic E-state index is 13.2. The number of aromatic nitrogens is 2. The summed E-state index contributed by atoms with van der Waals surface area (Å²) in [6.07, 6.45) is -2.63. The fourth-order valence-corrected chi connectivity index (χ4v) is 6.60. The van der Waals surface area contributed by atoms with Crippen LogP contribution in [-0.2, 0) is 31.2 Å². The molecule has 0 unspecified atom stereocenters. The zero-order valence-corrected chi connectivity index (χ0v) is 28.0. The van der Waals surface area contributed by atoms with Crippen molar-refractivity contribution in [1.29, 1.82) is 0 Å². The predicted molar refractivity (Wildman–Crippen MR) is 184 cm³/mol. The van der Waals surface area contributed by atoms with Crippen LogP contribution in [0.1, 0.15) is 34.7 Å². The number of carbonyl (C=O) groups excluding carboxylic acids is 1. The van der Waals surface area contributed by atoms with Gasteiger partial charge in [0, 0.05) is 18.0 Å². The van der Waals surface area contributed by atoms with E-state index in [-0.39, 0.29) is 24.9 Å². The number of nitrogens with one attached hydrogen (secondary N) is 1. The number of hydrogen-bond acceptors (Lipinski definition) is 10. The molecule has 1 aliphatic rings. The van der Waals surface area contributed by atoms with Crippen LogP contribution >= 0.6 is 11.3 Å². The van der Waals surface area contributed by atoms with Crippen molar-refractivity contribution in [2.45, 2.75) is 43.7 Å². The van der Waals surface area contributed by atoms with E-state index in [1.165, 1.54) is 35.1 Å². The molecule has 12 heteroatoms. The number of aliphatic hydroxyl groups is 1. The lowest BCUT2D eigenvalue weighted by Crippen LogP contribution is -2.40. The number of nitrogens with zero attached hydrogens (tertiary/aromatic N) is 2. The molecular weight excluding hydrogens is 646 g/mol. The molecule has 1 saturated heterocycles. The van der Waals surface area contributed by atoms with E-state index in [1.807, 2.05) is 96.4 Å². The van der Waals surface area contributed by atoms with Crippen molar-refractivity contribution >= 4 is 23.1 Å². The van der Waals surface area contributed by atoms with Crippen LogP contribution in [-0.4, -0.2) is 59.7 Å². The number of aliphatic hydroxyl groups excluding tert-OH is 1. The van der Waals surface area contributed by atoms with Gasteiger partial charge in [-0.05, 0) is 58.5 Å². The minimum absolute atomic E-state index is 0.0877. The minimum Gasteiger partial charge on any atom is -0.497 e. The van der Waals surface area contributed by atoms with Gasteiger partial charge in [0.15, 0.2) is 6.23 Å². The number of rotatable bonds is 13. The highest BCUT2D eigenvalue weighted by molar-refractivity contribution is 7.09. The Morgan fingerprint density at radius 3 is 2.10 bits per heavy atom. The smallest absolute Gasteiger partial charge is 0.351 e. The van der Waals surface area contributed by atoms with Gasteiger partial charge in [-0.1, -0.05) is 60.7 Å². The second-order valence-electron chi connectivity index (χ2n) is 11.4. The Labute approximate surface area is 287 Å². The Balaban J connectivity index is 1.38. The molecule has 1 fully saturated rings. The van der Waals surface area contributed by atoms with Gasteiger partial charge in [0.1, 0.15) is 41.2 Å². The maximum Gasteiger partial charge on any atom is 0.351 e. The van der Waals surface area contributed by atoms with E-state index in [4.69, 9.17) is 23.7 Å². The third kappa shape index (κ3) is 7.28. The molecule has 3 heterocycles. The monoisotopic (exact) mass is 683 g/mol. The topological polar surface area (TPSA) is 130 Å². The normalized spacial score (nSPS) is 19.0.